The Morgan fingerprint density at radius 3 is 2.40 bits per heavy atom. The van der Waals surface area contributed by atoms with Gasteiger partial charge >= 0.3 is 0 Å². The van der Waals surface area contributed by atoms with E-state index in [-0.39, 0.29) is 17.7 Å². The van der Waals surface area contributed by atoms with Gasteiger partial charge in [0.05, 0.1) is 26.9 Å². The molecule has 2 aromatic carbocycles. The first-order valence-corrected chi connectivity index (χ1v) is 10.1. The van der Waals surface area contributed by atoms with E-state index in [0.717, 1.165) is 31.4 Å². The summed E-state index contributed by atoms with van der Waals surface area (Å²) in [4.78, 5) is 27.3. The first-order valence-electron chi connectivity index (χ1n) is 10.1. The molecule has 1 N–H and O–H groups in total. The molecule has 158 valence electrons. The summed E-state index contributed by atoms with van der Waals surface area (Å²) < 4.78 is 16.1. The normalized spacial score (nSPS) is 15.2. The van der Waals surface area contributed by atoms with E-state index in [0.29, 0.717) is 35.0 Å². The Balaban J connectivity index is 1.55. The number of hydrogen-bond acceptors (Lipinski definition) is 5. The minimum Gasteiger partial charge on any atom is -0.493 e. The molecule has 1 fully saturated rings. The lowest BCUT2D eigenvalue weighted by molar-refractivity contribution is -0.133. The van der Waals surface area contributed by atoms with Gasteiger partial charge in [-0.2, -0.15) is 0 Å². The minimum absolute atomic E-state index is 0.215. The highest BCUT2D eigenvalue weighted by Gasteiger charge is 2.34. The van der Waals surface area contributed by atoms with Crippen LogP contribution in [0.3, 0.4) is 0 Å². The van der Waals surface area contributed by atoms with Crippen LogP contribution >= 0.6 is 0 Å². The first kappa shape index (κ1) is 20.1. The maximum absolute atomic E-state index is 12.9. The van der Waals surface area contributed by atoms with Crippen LogP contribution in [0.15, 0.2) is 30.3 Å². The van der Waals surface area contributed by atoms with E-state index in [1.165, 1.54) is 26.9 Å². The number of nitrogens with zero attached hydrogens (tertiary/aromatic N) is 1. The summed E-state index contributed by atoms with van der Waals surface area (Å²) in [6.07, 6.45) is 2.85. The zero-order valence-electron chi connectivity index (χ0n) is 17.5. The lowest BCUT2D eigenvalue weighted by Gasteiger charge is -2.29. The standard InChI is InChI=1S/C23H26N2O5/c1-28-19-9-8-18(20(29-2)21(19)30-3)22(26)24-17-7-6-14-10-11-25(13-16(14)12-17)23(27)15-4-5-15/h6-9,12,15H,4-5,10-11,13H2,1-3H3,(H,24,26). The van der Waals surface area contributed by atoms with Crippen molar-refractivity contribution in [1.29, 1.82) is 0 Å². The molecule has 0 saturated heterocycles. The Labute approximate surface area is 175 Å². The van der Waals surface area contributed by atoms with Crippen LogP contribution < -0.4 is 19.5 Å². The summed E-state index contributed by atoms with van der Waals surface area (Å²) in [6.45, 7) is 1.35. The number of hydrogen-bond donors (Lipinski definition) is 1. The Morgan fingerprint density at radius 2 is 1.73 bits per heavy atom. The zero-order chi connectivity index (χ0) is 21.3. The second kappa shape index (κ2) is 8.26. The Hall–Kier alpha value is -3.22. The number of anilines is 1. The summed E-state index contributed by atoms with van der Waals surface area (Å²) in [5.41, 5.74) is 3.32. The van der Waals surface area contributed by atoms with Gasteiger partial charge in [-0.25, -0.2) is 0 Å². The topological polar surface area (TPSA) is 77.1 Å². The van der Waals surface area contributed by atoms with Crippen LogP contribution in [-0.4, -0.2) is 44.6 Å². The van der Waals surface area contributed by atoms with Crippen LogP contribution in [0.5, 0.6) is 17.2 Å². The second-order valence-corrected chi connectivity index (χ2v) is 7.60. The number of amides is 2. The van der Waals surface area contributed by atoms with E-state index in [9.17, 15) is 9.59 Å². The van der Waals surface area contributed by atoms with Gasteiger partial charge in [0, 0.05) is 24.7 Å². The second-order valence-electron chi connectivity index (χ2n) is 7.60. The van der Waals surface area contributed by atoms with Crippen molar-refractivity contribution in [3.8, 4) is 17.2 Å². The average molecular weight is 410 g/mol. The van der Waals surface area contributed by atoms with Gasteiger partial charge in [-0.1, -0.05) is 6.07 Å². The molecular weight excluding hydrogens is 384 g/mol. The third-order valence-electron chi connectivity index (χ3n) is 5.66. The van der Waals surface area contributed by atoms with Crippen molar-refractivity contribution in [3.05, 3.63) is 47.0 Å². The quantitative estimate of drug-likeness (QED) is 0.791. The molecule has 0 bridgehead atoms. The van der Waals surface area contributed by atoms with Crippen molar-refractivity contribution >= 4 is 17.5 Å². The molecule has 7 heteroatoms. The molecule has 0 unspecified atom stereocenters. The summed E-state index contributed by atoms with van der Waals surface area (Å²) >= 11 is 0. The molecule has 2 amide bonds. The van der Waals surface area contributed by atoms with Crippen LogP contribution in [0, 0.1) is 5.92 Å². The average Bonchev–Trinajstić information content (AvgIpc) is 3.62. The molecule has 1 saturated carbocycles. The fourth-order valence-corrected chi connectivity index (χ4v) is 3.89. The highest BCUT2D eigenvalue weighted by molar-refractivity contribution is 6.07. The molecule has 2 aliphatic rings. The third kappa shape index (κ3) is 3.79. The number of ether oxygens (including phenoxy) is 3. The van der Waals surface area contributed by atoms with Crippen molar-refractivity contribution in [3.63, 3.8) is 0 Å². The van der Waals surface area contributed by atoms with E-state index >= 15 is 0 Å². The Bertz CT molecular complexity index is 984. The smallest absolute Gasteiger partial charge is 0.259 e. The van der Waals surface area contributed by atoms with Crippen LogP contribution in [0.25, 0.3) is 0 Å². The van der Waals surface area contributed by atoms with Crippen LogP contribution in [0.2, 0.25) is 0 Å². The van der Waals surface area contributed by atoms with Crippen LogP contribution in [0.4, 0.5) is 5.69 Å². The van der Waals surface area contributed by atoms with Gasteiger partial charge in [0.1, 0.15) is 0 Å². The molecule has 0 radical (unpaired) electrons. The van der Waals surface area contributed by atoms with Gasteiger partial charge in [0.2, 0.25) is 11.7 Å². The van der Waals surface area contributed by atoms with E-state index in [1.807, 2.05) is 23.1 Å². The van der Waals surface area contributed by atoms with Crippen LogP contribution in [0.1, 0.15) is 34.3 Å². The Morgan fingerprint density at radius 1 is 0.967 bits per heavy atom. The van der Waals surface area contributed by atoms with Crippen molar-refractivity contribution in [2.75, 3.05) is 33.2 Å². The molecule has 0 spiro atoms. The first-order chi connectivity index (χ1) is 14.5. The highest BCUT2D eigenvalue weighted by Crippen LogP contribution is 2.40. The number of rotatable bonds is 6. The van der Waals surface area contributed by atoms with E-state index in [4.69, 9.17) is 14.2 Å². The predicted octanol–water partition coefficient (Wildman–Crippen LogP) is 3.26. The van der Waals surface area contributed by atoms with Crippen molar-refractivity contribution in [2.24, 2.45) is 5.92 Å². The summed E-state index contributed by atoms with van der Waals surface area (Å²) in [7, 11) is 4.51. The van der Waals surface area contributed by atoms with Gasteiger partial charge in [0.15, 0.2) is 11.5 Å². The van der Waals surface area contributed by atoms with Gasteiger partial charge in [0.25, 0.3) is 5.91 Å². The fraction of sp³-hybridized carbons (Fsp3) is 0.391. The lowest BCUT2D eigenvalue weighted by atomic mass is 9.98. The number of carbonyl (C=O) groups excluding carboxylic acids is 2. The maximum atomic E-state index is 12.9. The van der Waals surface area contributed by atoms with E-state index < -0.39 is 0 Å². The van der Waals surface area contributed by atoms with E-state index in [2.05, 4.69) is 5.32 Å². The molecule has 7 nitrogen and oxygen atoms in total. The molecule has 2 aromatic rings. The molecular formula is C23H26N2O5. The predicted molar refractivity (Wildman–Crippen MR) is 112 cm³/mol. The highest BCUT2D eigenvalue weighted by atomic mass is 16.5. The molecule has 0 aromatic heterocycles. The molecule has 1 heterocycles. The maximum Gasteiger partial charge on any atom is 0.259 e. The van der Waals surface area contributed by atoms with Gasteiger partial charge in [-0.3, -0.25) is 9.59 Å². The number of carbonyl (C=O) groups is 2. The summed E-state index contributed by atoms with van der Waals surface area (Å²) in [6, 6.07) is 9.18. The lowest BCUT2D eigenvalue weighted by Crippen LogP contribution is -2.36. The number of fused-ring (bicyclic) bond motifs is 1. The summed E-state index contributed by atoms with van der Waals surface area (Å²) in [5, 5.41) is 2.93. The van der Waals surface area contributed by atoms with Crippen LogP contribution in [-0.2, 0) is 17.8 Å². The van der Waals surface area contributed by atoms with Gasteiger partial charge < -0.3 is 24.4 Å². The third-order valence-corrected chi connectivity index (χ3v) is 5.66. The van der Waals surface area contributed by atoms with Crippen molar-refractivity contribution < 1.29 is 23.8 Å². The minimum atomic E-state index is -0.311. The van der Waals surface area contributed by atoms with E-state index in [1.54, 1.807) is 12.1 Å². The molecule has 30 heavy (non-hydrogen) atoms. The van der Waals surface area contributed by atoms with Crippen molar-refractivity contribution in [2.45, 2.75) is 25.8 Å². The largest absolute Gasteiger partial charge is 0.493 e. The zero-order valence-corrected chi connectivity index (χ0v) is 17.5. The van der Waals surface area contributed by atoms with Crippen molar-refractivity contribution in [1.82, 2.24) is 4.90 Å². The number of benzene rings is 2. The SMILES string of the molecule is COc1ccc(C(=O)Nc2ccc3c(c2)CN(C(=O)C2CC2)CC3)c(OC)c1OC. The molecule has 1 aliphatic heterocycles. The fourth-order valence-electron chi connectivity index (χ4n) is 3.89. The molecule has 4 rings (SSSR count). The number of methoxy groups -OCH3 is 3. The molecule has 0 atom stereocenters. The Kier molecular flexibility index (Phi) is 5.53. The monoisotopic (exact) mass is 410 g/mol. The summed E-state index contributed by atoms with van der Waals surface area (Å²) in [5.74, 6) is 1.33. The van der Waals surface area contributed by atoms with Gasteiger partial charge in [-0.05, 0) is 54.7 Å². The number of nitrogens with one attached hydrogen (secondary N) is 1. The molecule has 1 aliphatic carbocycles. The van der Waals surface area contributed by atoms with Gasteiger partial charge in [-0.15, -0.1) is 0 Å².